The van der Waals surface area contributed by atoms with Crippen LogP contribution < -0.4 is 14.9 Å². The van der Waals surface area contributed by atoms with E-state index >= 15 is 0 Å². The second-order valence-electron chi connectivity index (χ2n) is 7.50. The van der Waals surface area contributed by atoms with Crippen molar-refractivity contribution in [3.8, 4) is 0 Å². The number of nitrogens with zero attached hydrogens (tertiary/aromatic N) is 1. The number of fused-ring (bicyclic) bond motifs is 1. The van der Waals surface area contributed by atoms with Crippen molar-refractivity contribution < 1.29 is 13.2 Å². The number of para-hydroxylation sites is 1. The van der Waals surface area contributed by atoms with Gasteiger partial charge in [0.05, 0.1) is 32.4 Å². The summed E-state index contributed by atoms with van der Waals surface area (Å²) in [4.78, 5) is 24.9. The Morgan fingerprint density at radius 2 is 1.73 bits per heavy atom. The molecule has 9 heteroatoms. The number of thiazole rings is 1. The smallest absolute Gasteiger partial charge is 0.308 e. The summed E-state index contributed by atoms with van der Waals surface area (Å²) in [6.07, 6.45) is 0. The molecule has 0 radical (unpaired) electrons. The minimum Gasteiger partial charge on any atom is -0.345 e. The number of carbonyl (C=O) groups excluding carboxylic acids is 1. The molecule has 0 aliphatic carbocycles. The van der Waals surface area contributed by atoms with Crippen LogP contribution in [0.2, 0.25) is 0 Å². The van der Waals surface area contributed by atoms with E-state index in [1.165, 1.54) is 12.1 Å². The predicted octanol–water partition coefficient (Wildman–Crippen LogP) is 4.37. The molecule has 0 saturated heterocycles. The summed E-state index contributed by atoms with van der Waals surface area (Å²) in [5.41, 5.74) is 2.03. The average Bonchev–Trinajstić information content (AvgIpc) is 3.13. The number of aryl methyl sites for hydroxylation is 1. The Hall–Kier alpha value is -3.43. The number of benzene rings is 3. The first-order valence-electron chi connectivity index (χ1n) is 10.4. The molecule has 33 heavy (non-hydrogen) atoms. The number of nitrogens with one attached hydrogen (secondary N) is 2. The van der Waals surface area contributed by atoms with Crippen molar-refractivity contribution in [3.63, 3.8) is 0 Å². The molecule has 0 spiro atoms. The fourth-order valence-electron chi connectivity index (χ4n) is 3.59. The first kappa shape index (κ1) is 22.8. The molecule has 0 saturated carbocycles. The standard InChI is InChI=1S/C24H23N3O4S2/c1-3-27-21-14-13-18(15-22(21)32-24(27)29)33(30,31)26-20-12-8-7-11-19(20)23(28)25-16(2)17-9-5-4-6-10-17/h4-16,26H,3H2,1-2H3,(H,25,28). The Balaban J connectivity index is 1.61. The molecule has 0 bridgehead atoms. The normalized spacial score (nSPS) is 12.4. The molecule has 1 atom stereocenters. The van der Waals surface area contributed by atoms with E-state index in [0.717, 1.165) is 16.9 Å². The Morgan fingerprint density at radius 1 is 1.03 bits per heavy atom. The fourth-order valence-corrected chi connectivity index (χ4v) is 5.76. The molecule has 1 unspecified atom stereocenters. The van der Waals surface area contributed by atoms with Gasteiger partial charge in [-0.1, -0.05) is 53.8 Å². The lowest BCUT2D eigenvalue weighted by molar-refractivity contribution is 0.0941. The monoisotopic (exact) mass is 481 g/mol. The summed E-state index contributed by atoms with van der Waals surface area (Å²) in [5, 5.41) is 2.91. The molecule has 170 valence electrons. The van der Waals surface area contributed by atoms with Gasteiger partial charge in [-0.15, -0.1) is 0 Å². The van der Waals surface area contributed by atoms with E-state index in [-0.39, 0.29) is 27.1 Å². The van der Waals surface area contributed by atoms with E-state index < -0.39 is 15.9 Å². The van der Waals surface area contributed by atoms with Crippen LogP contribution in [0, 0.1) is 0 Å². The first-order chi connectivity index (χ1) is 15.8. The molecule has 7 nitrogen and oxygen atoms in total. The minimum absolute atomic E-state index is 0.0207. The molecular weight excluding hydrogens is 458 g/mol. The van der Waals surface area contributed by atoms with Crippen molar-refractivity contribution in [1.29, 1.82) is 0 Å². The van der Waals surface area contributed by atoms with Gasteiger partial charge in [0, 0.05) is 6.54 Å². The van der Waals surface area contributed by atoms with Crippen LogP contribution in [-0.4, -0.2) is 18.9 Å². The molecule has 4 rings (SSSR count). The van der Waals surface area contributed by atoms with E-state index in [0.29, 0.717) is 16.8 Å². The van der Waals surface area contributed by atoms with Gasteiger partial charge in [0.1, 0.15) is 0 Å². The number of hydrogen-bond acceptors (Lipinski definition) is 5. The van der Waals surface area contributed by atoms with Crippen LogP contribution in [0.4, 0.5) is 5.69 Å². The zero-order chi connectivity index (χ0) is 23.6. The van der Waals surface area contributed by atoms with E-state index in [9.17, 15) is 18.0 Å². The SMILES string of the molecule is CCn1c(=O)sc2cc(S(=O)(=O)Nc3ccccc3C(=O)NC(C)c3ccccc3)ccc21. The maximum Gasteiger partial charge on any atom is 0.308 e. The highest BCUT2D eigenvalue weighted by Gasteiger charge is 2.21. The van der Waals surface area contributed by atoms with Crippen LogP contribution in [0.5, 0.6) is 0 Å². The Bertz CT molecular complexity index is 1470. The van der Waals surface area contributed by atoms with E-state index in [1.54, 1.807) is 34.9 Å². The second-order valence-corrected chi connectivity index (χ2v) is 10.2. The van der Waals surface area contributed by atoms with Crippen molar-refractivity contribution >= 4 is 43.2 Å². The first-order valence-corrected chi connectivity index (χ1v) is 12.7. The summed E-state index contributed by atoms with van der Waals surface area (Å²) in [6.45, 7) is 4.23. The summed E-state index contributed by atoms with van der Waals surface area (Å²) >= 11 is 1.00. The van der Waals surface area contributed by atoms with Gasteiger partial charge in [-0.2, -0.15) is 0 Å². The number of sulfonamides is 1. The van der Waals surface area contributed by atoms with Crippen LogP contribution in [0.3, 0.4) is 0 Å². The van der Waals surface area contributed by atoms with E-state index in [4.69, 9.17) is 0 Å². The topological polar surface area (TPSA) is 97.3 Å². The average molecular weight is 482 g/mol. The molecule has 1 amide bonds. The maximum atomic E-state index is 13.1. The van der Waals surface area contributed by atoms with Crippen LogP contribution in [0.25, 0.3) is 10.2 Å². The largest absolute Gasteiger partial charge is 0.345 e. The molecule has 0 aliphatic heterocycles. The van der Waals surface area contributed by atoms with E-state index in [1.807, 2.05) is 44.2 Å². The molecule has 0 aliphatic rings. The zero-order valence-corrected chi connectivity index (χ0v) is 19.7. The highest BCUT2D eigenvalue weighted by molar-refractivity contribution is 7.92. The second kappa shape index (κ2) is 9.21. The van der Waals surface area contributed by atoms with Crippen molar-refractivity contribution in [2.75, 3.05) is 4.72 Å². The van der Waals surface area contributed by atoms with Crippen LogP contribution >= 0.6 is 11.3 Å². The number of hydrogen-bond donors (Lipinski definition) is 2. The highest BCUT2D eigenvalue weighted by Crippen LogP contribution is 2.25. The van der Waals surface area contributed by atoms with Gasteiger partial charge >= 0.3 is 4.87 Å². The summed E-state index contributed by atoms with van der Waals surface area (Å²) in [7, 11) is -3.99. The zero-order valence-electron chi connectivity index (χ0n) is 18.1. The van der Waals surface area contributed by atoms with Gasteiger partial charge < -0.3 is 5.32 Å². The van der Waals surface area contributed by atoms with Gasteiger partial charge in [0.15, 0.2) is 0 Å². The molecule has 4 aromatic rings. The van der Waals surface area contributed by atoms with E-state index in [2.05, 4.69) is 10.0 Å². The lowest BCUT2D eigenvalue weighted by Gasteiger charge is -2.17. The van der Waals surface area contributed by atoms with Crippen molar-refractivity contribution in [1.82, 2.24) is 9.88 Å². The Labute approximate surface area is 195 Å². The predicted molar refractivity (Wildman–Crippen MR) is 131 cm³/mol. The van der Waals surface area contributed by atoms with Gasteiger partial charge in [-0.25, -0.2) is 8.42 Å². The summed E-state index contributed by atoms with van der Waals surface area (Å²) < 4.78 is 30.9. The summed E-state index contributed by atoms with van der Waals surface area (Å²) in [5.74, 6) is -0.390. The molecule has 3 aromatic carbocycles. The van der Waals surface area contributed by atoms with Gasteiger partial charge in [-0.05, 0) is 49.7 Å². The van der Waals surface area contributed by atoms with Crippen LogP contribution in [-0.2, 0) is 16.6 Å². The quantitative estimate of drug-likeness (QED) is 0.409. The highest BCUT2D eigenvalue weighted by atomic mass is 32.2. The van der Waals surface area contributed by atoms with Crippen molar-refractivity contribution in [3.05, 3.63) is 93.6 Å². The van der Waals surface area contributed by atoms with Crippen molar-refractivity contribution in [2.45, 2.75) is 31.3 Å². The number of carbonyl (C=O) groups is 1. The third-order valence-electron chi connectivity index (χ3n) is 5.33. The number of amides is 1. The number of anilines is 1. The molecule has 1 aromatic heterocycles. The van der Waals surface area contributed by atoms with Crippen molar-refractivity contribution in [2.24, 2.45) is 0 Å². The third-order valence-corrected chi connectivity index (χ3v) is 7.63. The lowest BCUT2D eigenvalue weighted by Crippen LogP contribution is -2.28. The Kier molecular flexibility index (Phi) is 6.35. The maximum absolute atomic E-state index is 13.1. The summed E-state index contributed by atoms with van der Waals surface area (Å²) in [6, 6.07) is 20.3. The Morgan fingerprint density at radius 3 is 2.45 bits per heavy atom. The van der Waals surface area contributed by atoms with Gasteiger partial charge in [-0.3, -0.25) is 18.9 Å². The number of aromatic nitrogens is 1. The molecule has 2 N–H and O–H groups in total. The van der Waals surface area contributed by atoms with Gasteiger partial charge in [0.25, 0.3) is 15.9 Å². The van der Waals surface area contributed by atoms with Crippen LogP contribution in [0.1, 0.15) is 35.8 Å². The lowest BCUT2D eigenvalue weighted by atomic mass is 10.1. The molecule has 1 heterocycles. The molecule has 0 fully saturated rings. The van der Waals surface area contributed by atoms with Crippen LogP contribution in [0.15, 0.2) is 82.5 Å². The minimum atomic E-state index is -3.99. The number of rotatable bonds is 7. The molecular formula is C24H23N3O4S2. The fraction of sp³-hybridized carbons (Fsp3) is 0.167. The third kappa shape index (κ3) is 4.69. The van der Waals surface area contributed by atoms with Gasteiger partial charge in [0.2, 0.25) is 0 Å².